The van der Waals surface area contributed by atoms with Gasteiger partial charge in [-0.05, 0) is 18.2 Å². The van der Waals surface area contributed by atoms with Crippen molar-refractivity contribution in [1.29, 1.82) is 0 Å². The molecule has 0 saturated carbocycles. The Morgan fingerprint density at radius 2 is 2.04 bits per heavy atom. The first-order valence-electron chi connectivity index (χ1n) is 6.51. The first-order chi connectivity index (χ1) is 10.8. The number of methoxy groups -OCH3 is 1. The lowest BCUT2D eigenvalue weighted by molar-refractivity contribution is -0.147. The van der Waals surface area contributed by atoms with Crippen LogP contribution >= 0.6 is 0 Å². The van der Waals surface area contributed by atoms with Crippen molar-refractivity contribution in [1.82, 2.24) is 10.0 Å². The number of rotatable bonds is 9. The van der Waals surface area contributed by atoms with Crippen molar-refractivity contribution < 1.29 is 31.9 Å². The van der Waals surface area contributed by atoms with Crippen molar-refractivity contribution in [2.75, 3.05) is 33.4 Å². The largest absolute Gasteiger partial charge is 0.455 e. The van der Waals surface area contributed by atoms with Crippen molar-refractivity contribution in [2.24, 2.45) is 0 Å². The van der Waals surface area contributed by atoms with E-state index in [1.807, 2.05) is 4.72 Å². The molecule has 128 valence electrons. The number of sulfonamides is 1. The zero-order valence-electron chi connectivity index (χ0n) is 12.4. The summed E-state index contributed by atoms with van der Waals surface area (Å²) in [4.78, 5) is 22.3. The van der Waals surface area contributed by atoms with Gasteiger partial charge < -0.3 is 14.8 Å². The van der Waals surface area contributed by atoms with Gasteiger partial charge in [-0.2, -0.15) is 4.72 Å². The zero-order valence-corrected chi connectivity index (χ0v) is 13.2. The van der Waals surface area contributed by atoms with Crippen LogP contribution in [-0.4, -0.2) is 53.7 Å². The third-order valence-corrected chi connectivity index (χ3v) is 3.90. The highest BCUT2D eigenvalue weighted by atomic mass is 32.2. The van der Waals surface area contributed by atoms with Crippen molar-refractivity contribution in [3.8, 4) is 0 Å². The van der Waals surface area contributed by atoms with E-state index < -0.39 is 40.9 Å². The Morgan fingerprint density at radius 3 is 2.70 bits per heavy atom. The van der Waals surface area contributed by atoms with Crippen LogP contribution < -0.4 is 10.0 Å². The van der Waals surface area contributed by atoms with Crippen LogP contribution in [0, 0.1) is 5.82 Å². The van der Waals surface area contributed by atoms with Crippen molar-refractivity contribution in [3.63, 3.8) is 0 Å². The highest BCUT2D eigenvalue weighted by molar-refractivity contribution is 7.89. The molecule has 0 spiro atoms. The third kappa shape index (κ3) is 7.17. The van der Waals surface area contributed by atoms with E-state index in [4.69, 9.17) is 4.74 Å². The summed E-state index contributed by atoms with van der Waals surface area (Å²) in [5.41, 5.74) is 0. The molecule has 0 aliphatic carbocycles. The van der Waals surface area contributed by atoms with Crippen LogP contribution in [0.5, 0.6) is 0 Å². The molecule has 0 bridgehead atoms. The van der Waals surface area contributed by atoms with Gasteiger partial charge in [0.2, 0.25) is 10.0 Å². The second-order valence-electron chi connectivity index (χ2n) is 4.29. The third-order valence-electron chi connectivity index (χ3n) is 2.51. The molecule has 0 heterocycles. The normalized spacial score (nSPS) is 11.0. The lowest BCUT2D eigenvalue weighted by Crippen LogP contribution is -2.34. The topological polar surface area (TPSA) is 111 Å². The minimum Gasteiger partial charge on any atom is -0.455 e. The number of amides is 1. The van der Waals surface area contributed by atoms with Crippen LogP contribution in [-0.2, 0) is 29.1 Å². The Morgan fingerprint density at radius 1 is 1.30 bits per heavy atom. The first-order valence-corrected chi connectivity index (χ1v) is 8.00. The Labute approximate surface area is 133 Å². The summed E-state index contributed by atoms with van der Waals surface area (Å²) in [6.45, 7) is -0.638. The fourth-order valence-corrected chi connectivity index (χ4v) is 2.41. The predicted molar refractivity (Wildman–Crippen MR) is 77.4 cm³/mol. The molecule has 0 fully saturated rings. The molecule has 0 saturated heterocycles. The van der Waals surface area contributed by atoms with Gasteiger partial charge in [0.1, 0.15) is 12.4 Å². The lowest BCUT2D eigenvalue weighted by Gasteiger charge is -2.08. The summed E-state index contributed by atoms with van der Waals surface area (Å²) in [5.74, 6) is -2.20. The number of hydrogen-bond acceptors (Lipinski definition) is 6. The van der Waals surface area contributed by atoms with Crippen LogP contribution in [0.1, 0.15) is 0 Å². The summed E-state index contributed by atoms with van der Waals surface area (Å²) < 4.78 is 47.9. The number of nitrogens with one attached hydrogen (secondary N) is 2. The van der Waals surface area contributed by atoms with E-state index in [0.717, 1.165) is 12.1 Å². The van der Waals surface area contributed by atoms with Crippen LogP contribution in [0.25, 0.3) is 0 Å². The number of carbonyl (C=O) groups excluding carboxylic acids is 2. The van der Waals surface area contributed by atoms with E-state index in [2.05, 4.69) is 10.1 Å². The fraction of sp³-hybridized carbons (Fsp3) is 0.385. The number of carbonyl (C=O) groups is 2. The van der Waals surface area contributed by atoms with E-state index in [1.54, 1.807) is 0 Å². The number of hydrogen-bond donors (Lipinski definition) is 2. The fourth-order valence-electron chi connectivity index (χ4n) is 1.41. The van der Waals surface area contributed by atoms with Gasteiger partial charge >= 0.3 is 5.97 Å². The maximum Gasteiger partial charge on any atom is 0.321 e. The molecule has 0 aromatic heterocycles. The van der Waals surface area contributed by atoms with Crippen LogP contribution in [0.4, 0.5) is 4.39 Å². The van der Waals surface area contributed by atoms with E-state index in [1.165, 1.54) is 19.2 Å². The number of ether oxygens (including phenoxy) is 2. The number of benzene rings is 1. The Bertz CT molecular complexity index is 650. The van der Waals surface area contributed by atoms with E-state index in [9.17, 15) is 22.4 Å². The SMILES string of the molecule is COCCNC(=O)COC(=O)CNS(=O)(=O)c1cccc(F)c1. The van der Waals surface area contributed by atoms with Gasteiger partial charge in [0.05, 0.1) is 11.5 Å². The van der Waals surface area contributed by atoms with Gasteiger partial charge in [0.15, 0.2) is 6.61 Å². The molecule has 0 radical (unpaired) electrons. The molecule has 23 heavy (non-hydrogen) atoms. The highest BCUT2D eigenvalue weighted by Crippen LogP contribution is 2.09. The quantitative estimate of drug-likeness (QED) is 0.456. The zero-order chi connectivity index (χ0) is 17.3. The number of halogens is 1. The second kappa shape index (κ2) is 9.18. The molecule has 1 rings (SSSR count). The molecular formula is C13H17FN2O6S. The molecule has 8 nitrogen and oxygen atoms in total. The Hall–Kier alpha value is -2.04. The molecule has 1 aromatic rings. The molecule has 0 aliphatic heterocycles. The standard InChI is InChI=1S/C13H17FN2O6S/c1-21-6-5-15-12(17)9-22-13(18)8-16-23(19,20)11-4-2-3-10(14)7-11/h2-4,7,16H,5-6,8-9H2,1H3,(H,15,17). The van der Waals surface area contributed by atoms with Crippen molar-refractivity contribution >= 4 is 21.9 Å². The van der Waals surface area contributed by atoms with Crippen molar-refractivity contribution in [3.05, 3.63) is 30.1 Å². The number of esters is 1. The minimum atomic E-state index is -4.04. The predicted octanol–water partition coefficient (Wildman–Crippen LogP) is -0.590. The van der Waals surface area contributed by atoms with Crippen LogP contribution in [0.15, 0.2) is 29.2 Å². The molecule has 1 amide bonds. The summed E-state index contributed by atoms with van der Waals surface area (Å²) >= 11 is 0. The molecule has 0 aliphatic rings. The van der Waals surface area contributed by atoms with E-state index >= 15 is 0 Å². The van der Waals surface area contributed by atoms with E-state index in [0.29, 0.717) is 6.61 Å². The molecule has 0 atom stereocenters. The average molecular weight is 348 g/mol. The summed E-state index contributed by atoms with van der Waals surface area (Å²) in [7, 11) is -2.57. The Balaban J connectivity index is 2.39. The van der Waals surface area contributed by atoms with Crippen molar-refractivity contribution in [2.45, 2.75) is 4.90 Å². The summed E-state index contributed by atoms with van der Waals surface area (Å²) in [6.07, 6.45) is 0. The molecule has 2 N–H and O–H groups in total. The Kier molecular flexibility index (Phi) is 7.59. The second-order valence-corrected chi connectivity index (χ2v) is 6.05. The first kappa shape index (κ1) is 19.0. The van der Waals surface area contributed by atoms with Gasteiger partial charge in [-0.15, -0.1) is 0 Å². The van der Waals surface area contributed by atoms with Crippen LogP contribution in [0.3, 0.4) is 0 Å². The maximum atomic E-state index is 13.0. The van der Waals surface area contributed by atoms with E-state index in [-0.39, 0.29) is 11.4 Å². The molecule has 0 unspecified atom stereocenters. The molecule has 1 aromatic carbocycles. The average Bonchev–Trinajstić information content (AvgIpc) is 2.51. The monoisotopic (exact) mass is 348 g/mol. The van der Waals surface area contributed by atoms with Gasteiger partial charge in [-0.25, -0.2) is 12.8 Å². The molecule has 10 heteroatoms. The minimum absolute atomic E-state index is 0.263. The van der Waals surface area contributed by atoms with Gasteiger partial charge in [-0.3, -0.25) is 9.59 Å². The smallest absolute Gasteiger partial charge is 0.321 e. The molecular weight excluding hydrogens is 331 g/mol. The van der Waals surface area contributed by atoms with Gasteiger partial charge in [-0.1, -0.05) is 6.07 Å². The summed E-state index contributed by atoms with van der Waals surface area (Å²) in [6, 6.07) is 4.32. The van der Waals surface area contributed by atoms with Gasteiger partial charge in [0.25, 0.3) is 5.91 Å². The van der Waals surface area contributed by atoms with Crippen LogP contribution in [0.2, 0.25) is 0 Å². The highest BCUT2D eigenvalue weighted by Gasteiger charge is 2.17. The van der Waals surface area contributed by atoms with Gasteiger partial charge in [0, 0.05) is 13.7 Å². The summed E-state index contributed by atoms with van der Waals surface area (Å²) in [5, 5.41) is 2.42. The lowest BCUT2D eigenvalue weighted by atomic mass is 10.4. The maximum absolute atomic E-state index is 13.0.